The number of rotatable bonds is 9. The zero-order chi connectivity index (χ0) is 28.1. The number of likely N-dealkylation sites (tertiary alicyclic amines) is 2. The molecule has 5 rings (SSSR count). The molecule has 40 heavy (non-hydrogen) atoms. The van der Waals surface area contributed by atoms with Crippen LogP contribution in [0.25, 0.3) is 10.9 Å². The Balaban J connectivity index is 1.24. The number of nitrogens with one attached hydrogen (secondary N) is 2. The minimum atomic E-state index is -0.689. The molecule has 2 amide bonds. The molecule has 0 spiro atoms. The summed E-state index contributed by atoms with van der Waals surface area (Å²) in [6.45, 7) is 4.90. The van der Waals surface area contributed by atoms with Gasteiger partial charge in [0.15, 0.2) is 0 Å². The lowest BCUT2D eigenvalue weighted by molar-refractivity contribution is -0.136. The van der Waals surface area contributed by atoms with E-state index in [1.807, 2.05) is 36.5 Å². The molecule has 214 valence electrons. The Labute approximate surface area is 246 Å². The first-order valence-corrected chi connectivity index (χ1v) is 15.1. The molecule has 7 nitrogen and oxygen atoms in total. The van der Waals surface area contributed by atoms with Gasteiger partial charge in [0.05, 0.1) is 16.6 Å². The maximum absolute atomic E-state index is 13.7. The van der Waals surface area contributed by atoms with Crippen LogP contribution in [0.3, 0.4) is 0 Å². The highest BCUT2D eigenvalue weighted by atomic mass is 35.5. The molecule has 0 aliphatic carbocycles. The molecule has 2 aliphatic rings. The van der Waals surface area contributed by atoms with E-state index in [-0.39, 0.29) is 11.8 Å². The third kappa shape index (κ3) is 7.19. The number of likely N-dealkylation sites (N-methyl/N-ethyl adjacent to an activating group) is 1. The van der Waals surface area contributed by atoms with Gasteiger partial charge in [0.1, 0.15) is 6.04 Å². The first-order valence-electron chi connectivity index (χ1n) is 14.4. The van der Waals surface area contributed by atoms with Crippen molar-refractivity contribution in [2.45, 2.75) is 57.2 Å². The zero-order valence-corrected chi connectivity index (χ0v) is 24.7. The molecule has 1 unspecified atom stereocenters. The second-order valence-electron chi connectivity index (χ2n) is 11.2. The van der Waals surface area contributed by atoms with E-state index < -0.39 is 6.04 Å². The summed E-state index contributed by atoms with van der Waals surface area (Å²) in [5.74, 6) is -0.258. The fraction of sp³-hybridized carbons (Fsp3) is 0.484. The number of benzene rings is 2. The Morgan fingerprint density at radius 3 is 2.52 bits per heavy atom. The number of fused-ring (bicyclic) bond motifs is 1. The first-order chi connectivity index (χ1) is 19.4. The molecular formula is C31H39Cl2N5O2. The number of amides is 2. The lowest BCUT2D eigenvalue weighted by Crippen LogP contribution is -2.52. The molecule has 3 aromatic rings. The van der Waals surface area contributed by atoms with Gasteiger partial charge < -0.3 is 20.1 Å². The predicted molar refractivity (Wildman–Crippen MR) is 162 cm³/mol. The molecule has 2 saturated heterocycles. The van der Waals surface area contributed by atoms with Crippen LogP contribution in [0.1, 0.15) is 43.2 Å². The number of piperidine rings is 2. The van der Waals surface area contributed by atoms with Crippen molar-refractivity contribution < 1.29 is 9.59 Å². The Hall–Kier alpha value is -2.58. The van der Waals surface area contributed by atoms with Crippen molar-refractivity contribution in [2.24, 2.45) is 0 Å². The highest BCUT2D eigenvalue weighted by molar-refractivity contribution is 6.42. The summed E-state index contributed by atoms with van der Waals surface area (Å²) in [5.41, 5.74) is 2.88. The van der Waals surface area contributed by atoms with Crippen molar-refractivity contribution in [1.82, 2.24) is 25.0 Å². The van der Waals surface area contributed by atoms with E-state index in [1.54, 1.807) is 24.1 Å². The number of nitrogens with zero attached hydrogens (tertiary/aromatic N) is 3. The first kappa shape index (κ1) is 28.9. The van der Waals surface area contributed by atoms with Gasteiger partial charge >= 0.3 is 0 Å². The van der Waals surface area contributed by atoms with Crippen LogP contribution in [0, 0.1) is 0 Å². The topological polar surface area (TPSA) is 71.7 Å². The summed E-state index contributed by atoms with van der Waals surface area (Å²) in [5, 5.41) is 5.07. The average molecular weight is 585 g/mol. The van der Waals surface area contributed by atoms with Crippen molar-refractivity contribution in [2.75, 3.05) is 39.8 Å². The Bertz CT molecular complexity index is 1310. The molecule has 9 heteroatoms. The van der Waals surface area contributed by atoms with Crippen LogP contribution in [-0.2, 0) is 22.6 Å². The number of hydrogen-bond acceptors (Lipinski definition) is 4. The highest BCUT2D eigenvalue weighted by Gasteiger charge is 2.29. The Kier molecular flexibility index (Phi) is 9.68. The quantitative estimate of drug-likeness (QED) is 0.367. The van der Waals surface area contributed by atoms with Crippen LogP contribution >= 0.6 is 23.2 Å². The molecular weight excluding hydrogens is 545 g/mol. The van der Waals surface area contributed by atoms with Gasteiger partial charge in [-0.3, -0.25) is 14.5 Å². The number of carbonyl (C=O) groups is 2. The second kappa shape index (κ2) is 13.4. The smallest absolute Gasteiger partial charge is 0.245 e. The molecule has 0 bridgehead atoms. The number of aromatic amines is 1. The molecule has 0 radical (unpaired) electrons. The number of aromatic nitrogens is 1. The largest absolute Gasteiger partial charge is 0.361 e. The fourth-order valence-corrected chi connectivity index (χ4v) is 6.47. The molecule has 2 aliphatic heterocycles. The van der Waals surface area contributed by atoms with Crippen LogP contribution in [-0.4, -0.2) is 83.4 Å². The van der Waals surface area contributed by atoms with E-state index in [0.717, 1.165) is 48.0 Å². The van der Waals surface area contributed by atoms with Crippen LogP contribution in [0.5, 0.6) is 0 Å². The maximum Gasteiger partial charge on any atom is 0.245 e. The van der Waals surface area contributed by atoms with E-state index in [2.05, 4.69) is 20.1 Å². The lowest BCUT2D eigenvalue weighted by Gasteiger charge is -2.40. The standard InChI is InChI=1S/C31H39Cl2N5O2/c1-36(20-22-9-10-26(32)27(33)17-22)31(40)29(18-23-19-34-28-8-4-3-7-25(23)28)35-30(39)21-37-15-11-24(12-16-37)38-13-5-2-6-14-38/h3-4,7-10,17,19,24,29,34H,2,5-6,11-16,18,20-21H2,1H3,(H,35,39). The summed E-state index contributed by atoms with van der Waals surface area (Å²) < 4.78 is 0. The molecule has 1 aromatic heterocycles. The summed E-state index contributed by atoms with van der Waals surface area (Å²) >= 11 is 12.3. The van der Waals surface area contributed by atoms with E-state index in [4.69, 9.17) is 23.2 Å². The number of para-hydroxylation sites is 1. The summed E-state index contributed by atoms with van der Waals surface area (Å²) in [6.07, 6.45) is 8.46. The van der Waals surface area contributed by atoms with Gasteiger partial charge in [-0.05, 0) is 68.1 Å². The van der Waals surface area contributed by atoms with Gasteiger partial charge in [0.2, 0.25) is 11.8 Å². The monoisotopic (exact) mass is 583 g/mol. The van der Waals surface area contributed by atoms with Gasteiger partial charge in [0.25, 0.3) is 0 Å². The molecule has 2 aromatic carbocycles. The van der Waals surface area contributed by atoms with Crippen LogP contribution in [0.15, 0.2) is 48.7 Å². The Morgan fingerprint density at radius 2 is 1.77 bits per heavy atom. The second-order valence-corrected chi connectivity index (χ2v) is 12.0. The predicted octanol–water partition coefficient (Wildman–Crippen LogP) is 5.11. The van der Waals surface area contributed by atoms with Crippen LogP contribution in [0.4, 0.5) is 0 Å². The summed E-state index contributed by atoms with van der Waals surface area (Å²) in [7, 11) is 1.75. The van der Waals surface area contributed by atoms with Gasteiger partial charge in [-0.25, -0.2) is 0 Å². The third-order valence-corrected chi connectivity index (χ3v) is 9.08. The molecule has 2 N–H and O–H groups in total. The van der Waals surface area contributed by atoms with E-state index in [1.165, 1.54) is 32.4 Å². The minimum Gasteiger partial charge on any atom is -0.361 e. The molecule has 0 saturated carbocycles. The van der Waals surface area contributed by atoms with E-state index in [0.29, 0.717) is 35.6 Å². The van der Waals surface area contributed by atoms with E-state index in [9.17, 15) is 9.59 Å². The van der Waals surface area contributed by atoms with Gasteiger partial charge in [-0.1, -0.05) is 53.9 Å². The lowest BCUT2D eigenvalue weighted by atomic mass is 10.00. The normalized spacial score (nSPS) is 18.1. The molecule has 2 fully saturated rings. The van der Waals surface area contributed by atoms with Crippen molar-refractivity contribution in [3.63, 3.8) is 0 Å². The van der Waals surface area contributed by atoms with Crippen molar-refractivity contribution in [3.05, 3.63) is 69.8 Å². The minimum absolute atomic E-state index is 0.113. The maximum atomic E-state index is 13.7. The third-order valence-electron chi connectivity index (χ3n) is 8.34. The van der Waals surface area contributed by atoms with Gasteiger partial charge in [-0.2, -0.15) is 0 Å². The highest BCUT2D eigenvalue weighted by Crippen LogP contribution is 2.24. The van der Waals surface area contributed by atoms with Crippen molar-refractivity contribution in [1.29, 1.82) is 0 Å². The Morgan fingerprint density at radius 1 is 1.02 bits per heavy atom. The number of halogens is 2. The number of hydrogen-bond donors (Lipinski definition) is 2. The molecule has 3 heterocycles. The summed E-state index contributed by atoms with van der Waals surface area (Å²) in [4.78, 5) is 36.8. The number of H-pyrrole nitrogens is 1. The zero-order valence-electron chi connectivity index (χ0n) is 23.2. The number of carbonyl (C=O) groups excluding carboxylic acids is 2. The van der Waals surface area contributed by atoms with Gasteiger partial charge in [0, 0.05) is 56.2 Å². The van der Waals surface area contributed by atoms with Crippen molar-refractivity contribution >= 4 is 45.9 Å². The van der Waals surface area contributed by atoms with Crippen LogP contribution < -0.4 is 5.32 Å². The van der Waals surface area contributed by atoms with Crippen LogP contribution in [0.2, 0.25) is 10.0 Å². The van der Waals surface area contributed by atoms with Crippen molar-refractivity contribution in [3.8, 4) is 0 Å². The molecule has 1 atom stereocenters. The average Bonchev–Trinajstić information content (AvgIpc) is 3.38. The SMILES string of the molecule is CN(Cc1ccc(Cl)c(Cl)c1)C(=O)C(Cc1c[nH]c2ccccc12)NC(=O)CN1CCC(N2CCCCC2)CC1. The van der Waals surface area contributed by atoms with Gasteiger partial charge in [-0.15, -0.1) is 0 Å². The fourth-order valence-electron chi connectivity index (χ4n) is 6.15. The van der Waals surface area contributed by atoms with E-state index >= 15 is 0 Å². The summed E-state index contributed by atoms with van der Waals surface area (Å²) in [6, 6.07) is 13.3.